The highest BCUT2D eigenvalue weighted by Gasteiger charge is 2.21. The molecule has 12 heavy (non-hydrogen) atoms. The molecule has 1 N–H and O–H groups in total. The van der Waals surface area contributed by atoms with Crippen LogP contribution in [0.4, 0.5) is 8.78 Å². The zero-order valence-electron chi connectivity index (χ0n) is 5.73. The minimum Gasteiger partial charge on any atom is -0.433 e. The number of allylic oxidation sites excluding steroid dienone is 1. The summed E-state index contributed by atoms with van der Waals surface area (Å²) >= 11 is 11.1. The Kier molecular flexibility index (Phi) is 2.80. The van der Waals surface area contributed by atoms with Gasteiger partial charge in [0.1, 0.15) is 5.76 Å². The quantitative estimate of drug-likeness (QED) is 0.565. The maximum absolute atomic E-state index is 11.6. The molecule has 6 heteroatoms. The molecule has 1 aliphatic heterocycles. The third-order valence-electron chi connectivity index (χ3n) is 1.09. The van der Waals surface area contributed by atoms with Gasteiger partial charge in [-0.25, -0.2) is 0 Å². The lowest BCUT2D eigenvalue weighted by atomic mass is 10.3. The molecule has 0 saturated heterocycles. The lowest BCUT2D eigenvalue weighted by molar-refractivity contribution is -0.0927. The van der Waals surface area contributed by atoms with E-state index < -0.39 is 11.1 Å². The van der Waals surface area contributed by atoms with Gasteiger partial charge in [0.15, 0.2) is 0 Å². The van der Waals surface area contributed by atoms with Crippen molar-refractivity contribution in [2.75, 3.05) is 0 Å². The molecule has 0 atom stereocenters. The molecule has 1 heterocycles. The molecular formula is C6H5Cl2F2NO. The van der Waals surface area contributed by atoms with Crippen LogP contribution < -0.4 is 5.32 Å². The summed E-state index contributed by atoms with van der Waals surface area (Å²) in [6, 6.07) is 0. The Morgan fingerprint density at radius 3 is 2.58 bits per heavy atom. The van der Waals surface area contributed by atoms with Crippen molar-refractivity contribution in [2.24, 2.45) is 0 Å². The zero-order chi connectivity index (χ0) is 9.19. The highest BCUT2D eigenvalue weighted by atomic mass is 35.5. The molecule has 68 valence electrons. The Hall–Kier alpha value is -0.480. The van der Waals surface area contributed by atoms with E-state index in [1.165, 1.54) is 18.4 Å². The van der Waals surface area contributed by atoms with Crippen molar-refractivity contribution in [2.45, 2.75) is 11.1 Å². The fourth-order valence-corrected chi connectivity index (χ4v) is 0.862. The van der Waals surface area contributed by atoms with Crippen LogP contribution in [0.1, 0.15) is 0 Å². The van der Waals surface area contributed by atoms with E-state index in [-0.39, 0.29) is 5.76 Å². The van der Waals surface area contributed by atoms with E-state index in [1.54, 1.807) is 0 Å². The maximum Gasteiger partial charge on any atom is 0.387 e. The molecule has 0 saturated carbocycles. The van der Waals surface area contributed by atoms with Crippen molar-refractivity contribution < 1.29 is 13.5 Å². The second-order valence-electron chi connectivity index (χ2n) is 2.03. The summed E-state index contributed by atoms with van der Waals surface area (Å²) in [4.78, 5) is 0. The fraction of sp³-hybridized carbons (Fsp3) is 0.333. The van der Waals surface area contributed by atoms with Gasteiger partial charge in [-0.15, -0.1) is 0 Å². The number of alkyl halides is 4. The molecule has 0 unspecified atom stereocenters. The van der Waals surface area contributed by atoms with Crippen LogP contribution >= 0.6 is 23.2 Å². The average Bonchev–Trinajstić information content (AvgIpc) is 1.93. The summed E-state index contributed by atoms with van der Waals surface area (Å²) in [5.74, 6) is -0.0121. The highest BCUT2D eigenvalue weighted by Crippen LogP contribution is 2.23. The second kappa shape index (κ2) is 3.49. The van der Waals surface area contributed by atoms with Crippen molar-refractivity contribution in [3.8, 4) is 0 Å². The van der Waals surface area contributed by atoms with Gasteiger partial charge >= 0.3 is 6.61 Å². The van der Waals surface area contributed by atoms with Crippen LogP contribution in [0.3, 0.4) is 0 Å². The topological polar surface area (TPSA) is 21.3 Å². The number of dihydropyridines is 1. The zero-order valence-corrected chi connectivity index (χ0v) is 7.24. The monoisotopic (exact) mass is 215 g/mol. The van der Waals surface area contributed by atoms with E-state index in [0.29, 0.717) is 0 Å². The van der Waals surface area contributed by atoms with Crippen molar-refractivity contribution in [3.05, 3.63) is 24.1 Å². The molecule has 0 amide bonds. The average molecular weight is 216 g/mol. The van der Waals surface area contributed by atoms with Gasteiger partial charge in [0, 0.05) is 6.20 Å². The maximum atomic E-state index is 11.6. The van der Waals surface area contributed by atoms with Gasteiger partial charge in [-0.2, -0.15) is 8.78 Å². The Morgan fingerprint density at radius 2 is 2.17 bits per heavy atom. The number of nitrogens with one attached hydrogen (secondary N) is 1. The second-order valence-corrected chi connectivity index (χ2v) is 3.41. The summed E-state index contributed by atoms with van der Waals surface area (Å²) < 4.78 is 26.0. The molecule has 0 aliphatic carbocycles. The van der Waals surface area contributed by atoms with Crippen LogP contribution in [0.2, 0.25) is 0 Å². The Labute approximate surface area is 77.8 Å². The SMILES string of the molecule is FC(F)OC1=CNC(Cl)(Cl)C=C1. The first kappa shape index (κ1) is 9.61. The summed E-state index contributed by atoms with van der Waals surface area (Å²) in [6.45, 7) is -2.85. The molecule has 1 rings (SSSR count). The fourth-order valence-electron chi connectivity index (χ4n) is 0.627. The van der Waals surface area contributed by atoms with Crippen molar-refractivity contribution in [1.29, 1.82) is 0 Å². The van der Waals surface area contributed by atoms with Gasteiger partial charge < -0.3 is 10.1 Å². The number of ether oxygens (including phenoxy) is 1. The van der Waals surface area contributed by atoms with Gasteiger partial charge in [0.2, 0.25) is 4.46 Å². The van der Waals surface area contributed by atoms with E-state index in [2.05, 4.69) is 10.1 Å². The molecule has 1 aliphatic rings. The first-order valence-electron chi connectivity index (χ1n) is 2.99. The van der Waals surface area contributed by atoms with Gasteiger partial charge in [0.05, 0.1) is 0 Å². The van der Waals surface area contributed by atoms with Crippen LogP contribution in [-0.2, 0) is 4.74 Å². The van der Waals surface area contributed by atoms with Gasteiger partial charge in [0.25, 0.3) is 0 Å². The molecule has 0 spiro atoms. The largest absolute Gasteiger partial charge is 0.433 e. The van der Waals surface area contributed by atoms with Crippen molar-refractivity contribution >= 4 is 23.2 Å². The van der Waals surface area contributed by atoms with Crippen molar-refractivity contribution in [3.63, 3.8) is 0 Å². The minimum atomic E-state index is -2.85. The molecular weight excluding hydrogens is 211 g/mol. The molecule has 0 aromatic rings. The predicted octanol–water partition coefficient (Wildman–Crippen LogP) is 2.36. The summed E-state index contributed by atoms with van der Waals surface area (Å²) in [7, 11) is 0. The van der Waals surface area contributed by atoms with E-state index in [9.17, 15) is 8.78 Å². The van der Waals surface area contributed by atoms with Crippen LogP contribution in [0.25, 0.3) is 0 Å². The summed E-state index contributed by atoms with van der Waals surface area (Å²) in [5.41, 5.74) is 0. The lowest BCUT2D eigenvalue weighted by Crippen LogP contribution is -2.30. The van der Waals surface area contributed by atoms with E-state index in [0.717, 1.165) is 0 Å². The Bertz CT molecular complexity index is 228. The Morgan fingerprint density at radius 1 is 1.50 bits per heavy atom. The van der Waals surface area contributed by atoms with Gasteiger partial charge in [-0.3, -0.25) is 0 Å². The Balaban J connectivity index is 2.53. The third-order valence-corrected chi connectivity index (χ3v) is 1.56. The van der Waals surface area contributed by atoms with Crippen LogP contribution in [0.5, 0.6) is 0 Å². The third kappa shape index (κ3) is 2.87. The first-order chi connectivity index (χ1) is 5.49. The molecule has 0 aromatic heterocycles. The number of halogens is 4. The lowest BCUT2D eigenvalue weighted by Gasteiger charge is -2.20. The molecule has 2 nitrogen and oxygen atoms in total. The van der Waals surface area contributed by atoms with Gasteiger partial charge in [-0.1, -0.05) is 23.2 Å². The smallest absolute Gasteiger partial charge is 0.387 e. The predicted molar refractivity (Wildman–Crippen MR) is 41.9 cm³/mol. The minimum absolute atomic E-state index is 0.0121. The molecule has 0 aromatic carbocycles. The van der Waals surface area contributed by atoms with Crippen LogP contribution in [0.15, 0.2) is 24.1 Å². The van der Waals surface area contributed by atoms with E-state index in [4.69, 9.17) is 23.2 Å². The summed E-state index contributed by atoms with van der Waals surface area (Å²) in [6.07, 6.45) is 3.74. The summed E-state index contributed by atoms with van der Waals surface area (Å²) in [5, 5.41) is 2.44. The van der Waals surface area contributed by atoms with E-state index in [1.807, 2.05) is 0 Å². The van der Waals surface area contributed by atoms with Gasteiger partial charge in [-0.05, 0) is 12.2 Å². The first-order valence-corrected chi connectivity index (χ1v) is 3.75. The molecule has 0 radical (unpaired) electrons. The highest BCUT2D eigenvalue weighted by molar-refractivity contribution is 6.49. The van der Waals surface area contributed by atoms with Crippen LogP contribution in [-0.4, -0.2) is 11.1 Å². The normalized spacial score (nSPS) is 20.2. The standard InChI is InChI=1S/C6H5Cl2F2NO/c7-6(8)2-1-4(3-11-6)12-5(9)10/h1-3,5,11H. The van der Waals surface area contributed by atoms with Crippen molar-refractivity contribution in [1.82, 2.24) is 5.32 Å². The van der Waals surface area contributed by atoms with Crippen LogP contribution in [0, 0.1) is 0 Å². The molecule has 0 bridgehead atoms. The molecule has 0 fully saturated rings. The number of rotatable bonds is 2. The number of hydrogen-bond donors (Lipinski definition) is 1. The van der Waals surface area contributed by atoms with E-state index >= 15 is 0 Å². The number of hydrogen-bond acceptors (Lipinski definition) is 2.